The second-order valence-electron chi connectivity index (χ2n) is 5.64. The zero-order valence-corrected chi connectivity index (χ0v) is 16.1. The lowest BCUT2D eigenvalue weighted by Crippen LogP contribution is -2.27. The Labute approximate surface area is 165 Å². The fourth-order valence-corrected chi connectivity index (χ4v) is 4.08. The Morgan fingerprint density at radius 2 is 1.86 bits per heavy atom. The molecule has 152 valence electrons. The number of pyridine rings is 1. The molecule has 0 bridgehead atoms. The van der Waals surface area contributed by atoms with Crippen molar-refractivity contribution in [2.75, 3.05) is 10.6 Å². The summed E-state index contributed by atoms with van der Waals surface area (Å²) in [6, 6.07) is 6.83. The number of rotatable bonds is 4. The van der Waals surface area contributed by atoms with Gasteiger partial charge >= 0.3 is 5.51 Å². The van der Waals surface area contributed by atoms with Gasteiger partial charge in [0.25, 0.3) is 15.7 Å². The summed E-state index contributed by atoms with van der Waals surface area (Å²) in [5, 5.41) is 3.51. The predicted octanol–water partition coefficient (Wildman–Crippen LogP) is 3.20. The molecule has 0 atom stereocenters. The van der Waals surface area contributed by atoms with E-state index in [1.807, 2.05) is 0 Å². The third kappa shape index (κ3) is 4.19. The van der Waals surface area contributed by atoms with Crippen molar-refractivity contribution in [2.24, 2.45) is 0 Å². The van der Waals surface area contributed by atoms with Crippen LogP contribution in [0.15, 0.2) is 41.6 Å². The highest BCUT2D eigenvalue weighted by Crippen LogP contribution is 2.32. The first kappa shape index (κ1) is 20.7. The minimum absolute atomic E-state index is 0.0317. The number of halogens is 3. The number of hydrogen-bond donors (Lipinski definition) is 2. The van der Waals surface area contributed by atoms with E-state index >= 15 is 0 Å². The number of nitrogens with zero attached hydrogens (tertiary/aromatic N) is 2. The van der Waals surface area contributed by atoms with Crippen LogP contribution < -0.4 is 10.6 Å². The van der Waals surface area contributed by atoms with Crippen LogP contribution in [0.25, 0.3) is 10.2 Å². The molecule has 2 aromatic heterocycles. The second kappa shape index (κ2) is 7.40. The molecule has 8 nitrogen and oxygen atoms in total. The minimum Gasteiger partial charge on any atom is -0.326 e. The SMILES string of the molecule is CC(=O)Nc1ccc2nc(NC(=O)c3cccnc3S(=O)(=O)C(F)(F)F)sc2c1. The zero-order valence-electron chi connectivity index (χ0n) is 14.4. The van der Waals surface area contributed by atoms with E-state index in [0.717, 1.165) is 29.7 Å². The van der Waals surface area contributed by atoms with E-state index in [-0.39, 0.29) is 11.0 Å². The first-order valence-electron chi connectivity index (χ1n) is 7.75. The first-order valence-corrected chi connectivity index (χ1v) is 10.0. The van der Waals surface area contributed by atoms with Crippen molar-refractivity contribution in [3.05, 3.63) is 42.1 Å². The predicted molar refractivity (Wildman–Crippen MR) is 99.4 cm³/mol. The fourth-order valence-electron chi connectivity index (χ4n) is 2.31. The largest absolute Gasteiger partial charge is 0.503 e. The highest BCUT2D eigenvalue weighted by Gasteiger charge is 2.49. The van der Waals surface area contributed by atoms with Gasteiger partial charge in [0.15, 0.2) is 10.2 Å². The number of anilines is 2. The van der Waals surface area contributed by atoms with Crippen LogP contribution >= 0.6 is 11.3 Å². The standard InChI is InChI=1S/C16H11F3N4O4S2/c1-8(24)21-9-4-5-11-12(7-9)28-15(22-11)23-13(25)10-3-2-6-20-14(10)29(26,27)16(17,18)19/h2-7H,1H3,(H,21,24)(H,22,23,25). The number of fused-ring (bicyclic) bond motifs is 1. The zero-order chi connectivity index (χ0) is 21.4. The molecule has 0 aliphatic carbocycles. The number of amides is 2. The second-order valence-corrected chi connectivity index (χ2v) is 8.53. The third-order valence-corrected chi connectivity index (χ3v) is 5.88. The maximum atomic E-state index is 12.9. The van der Waals surface area contributed by atoms with Gasteiger partial charge in [-0.2, -0.15) is 13.2 Å². The van der Waals surface area contributed by atoms with Crippen LogP contribution in [0.3, 0.4) is 0 Å². The van der Waals surface area contributed by atoms with E-state index in [9.17, 15) is 31.2 Å². The Morgan fingerprint density at radius 1 is 1.14 bits per heavy atom. The molecule has 2 amide bonds. The summed E-state index contributed by atoms with van der Waals surface area (Å²) >= 11 is 0.994. The van der Waals surface area contributed by atoms with Gasteiger partial charge in [-0.25, -0.2) is 18.4 Å². The molecule has 1 aromatic carbocycles. The van der Waals surface area contributed by atoms with Crippen molar-refractivity contribution in [1.29, 1.82) is 0 Å². The van der Waals surface area contributed by atoms with Crippen LogP contribution in [0.1, 0.15) is 17.3 Å². The summed E-state index contributed by atoms with van der Waals surface area (Å²) in [4.78, 5) is 30.9. The number of aromatic nitrogens is 2. The van der Waals surface area contributed by atoms with E-state index in [2.05, 4.69) is 20.6 Å². The van der Waals surface area contributed by atoms with Gasteiger partial charge in [-0.3, -0.25) is 14.9 Å². The van der Waals surface area contributed by atoms with Crippen LogP contribution in [-0.4, -0.2) is 35.7 Å². The lowest BCUT2D eigenvalue weighted by atomic mass is 10.3. The molecule has 2 N–H and O–H groups in total. The van der Waals surface area contributed by atoms with Crippen LogP contribution in [0.2, 0.25) is 0 Å². The molecule has 13 heteroatoms. The number of hydrogen-bond acceptors (Lipinski definition) is 7. The van der Waals surface area contributed by atoms with Crippen molar-refractivity contribution in [3.8, 4) is 0 Å². The normalized spacial score (nSPS) is 12.0. The van der Waals surface area contributed by atoms with Crippen molar-refractivity contribution < 1.29 is 31.2 Å². The van der Waals surface area contributed by atoms with Crippen LogP contribution in [0.5, 0.6) is 0 Å². The number of carbonyl (C=O) groups is 2. The summed E-state index contributed by atoms with van der Waals surface area (Å²) in [7, 11) is -5.82. The van der Waals surface area contributed by atoms with Crippen molar-refractivity contribution in [2.45, 2.75) is 17.5 Å². The van der Waals surface area contributed by atoms with Gasteiger partial charge in [-0.15, -0.1) is 0 Å². The van der Waals surface area contributed by atoms with E-state index in [4.69, 9.17) is 0 Å². The van der Waals surface area contributed by atoms with Gasteiger partial charge in [0.1, 0.15) is 0 Å². The average Bonchev–Trinajstić information content (AvgIpc) is 3.01. The average molecular weight is 444 g/mol. The Balaban J connectivity index is 1.93. The molecule has 0 saturated heterocycles. The number of benzene rings is 1. The summed E-state index contributed by atoms with van der Waals surface area (Å²) in [5.41, 5.74) is -5.40. The summed E-state index contributed by atoms with van der Waals surface area (Å²) in [6.45, 7) is 1.34. The molecule has 29 heavy (non-hydrogen) atoms. The van der Waals surface area contributed by atoms with Gasteiger partial charge in [-0.05, 0) is 30.3 Å². The van der Waals surface area contributed by atoms with E-state index in [0.29, 0.717) is 15.9 Å². The highest BCUT2D eigenvalue weighted by molar-refractivity contribution is 7.92. The van der Waals surface area contributed by atoms with Crippen molar-refractivity contribution in [3.63, 3.8) is 0 Å². The maximum absolute atomic E-state index is 12.9. The van der Waals surface area contributed by atoms with Crippen LogP contribution in [-0.2, 0) is 14.6 Å². The molecule has 0 saturated carbocycles. The smallest absolute Gasteiger partial charge is 0.326 e. The summed E-state index contributed by atoms with van der Waals surface area (Å²) < 4.78 is 62.5. The Morgan fingerprint density at radius 3 is 2.52 bits per heavy atom. The molecule has 0 fully saturated rings. The Hall–Kier alpha value is -3.06. The molecule has 0 radical (unpaired) electrons. The fraction of sp³-hybridized carbons (Fsp3) is 0.125. The molecule has 0 aliphatic heterocycles. The van der Waals surface area contributed by atoms with Gasteiger partial charge in [0.2, 0.25) is 5.91 Å². The summed E-state index contributed by atoms with van der Waals surface area (Å²) in [5.74, 6) is -1.39. The van der Waals surface area contributed by atoms with Gasteiger partial charge in [0.05, 0.1) is 15.8 Å². The molecule has 0 spiro atoms. The number of nitrogens with one attached hydrogen (secondary N) is 2. The molecule has 3 rings (SSSR count). The van der Waals surface area contributed by atoms with Crippen molar-refractivity contribution >= 4 is 54.0 Å². The van der Waals surface area contributed by atoms with E-state index < -0.39 is 31.8 Å². The monoisotopic (exact) mass is 444 g/mol. The highest BCUT2D eigenvalue weighted by atomic mass is 32.2. The minimum atomic E-state index is -5.82. The van der Waals surface area contributed by atoms with E-state index in [1.165, 1.54) is 6.92 Å². The van der Waals surface area contributed by atoms with Gasteiger partial charge in [0, 0.05) is 18.8 Å². The Kier molecular flexibility index (Phi) is 5.28. The van der Waals surface area contributed by atoms with Gasteiger partial charge in [-0.1, -0.05) is 11.3 Å². The lowest BCUT2D eigenvalue weighted by molar-refractivity contribution is -0.114. The van der Waals surface area contributed by atoms with Crippen LogP contribution in [0, 0.1) is 0 Å². The third-order valence-electron chi connectivity index (χ3n) is 3.50. The first-order chi connectivity index (χ1) is 13.5. The number of sulfone groups is 1. The summed E-state index contributed by atoms with van der Waals surface area (Å²) in [6.07, 6.45) is 0.844. The van der Waals surface area contributed by atoms with Crippen LogP contribution in [0.4, 0.5) is 24.0 Å². The topological polar surface area (TPSA) is 118 Å². The van der Waals surface area contributed by atoms with Crippen molar-refractivity contribution in [1.82, 2.24) is 9.97 Å². The molecule has 0 unspecified atom stereocenters. The van der Waals surface area contributed by atoms with Gasteiger partial charge < -0.3 is 5.32 Å². The molecule has 3 aromatic rings. The number of thiazole rings is 1. The quantitative estimate of drug-likeness (QED) is 0.638. The Bertz CT molecular complexity index is 1220. The number of alkyl halides is 3. The molecular formula is C16H11F3N4O4S2. The molecule has 2 heterocycles. The number of carbonyl (C=O) groups excluding carboxylic acids is 2. The molecular weight excluding hydrogens is 433 g/mol. The lowest BCUT2D eigenvalue weighted by Gasteiger charge is -2.10. The molecule has 0 aliphatic rings. The maximum Gasteiger partial charge on any atom is 0.503 e. The van der Waals surface area contributed by atoms with E-state index in [1.54, 1.807) is 18.2 Å².